The molecule has 1 aliphatic rings. The predicted octanol–water partition coefficient (Wildman–Crippen LogP) is 5.21. The molecule has 20 heavy (non-hydrogen) atoms. The molecule has 1 fully saturated rings. The Hall–Kier alpha value is -0.430. The van der Waals surface area contributed by atoms with Gasteiger partial charge in [-0.15, -0.1) is 34.9 Å². The molecule has 0 spiro atoms. The normalized spacial score (nSPS) is 15.4. The van der Waals surface area contributed by atoms with Crippen LogP contribution in [0.2, 0.25) is 0 Å². The van der Waals surface area contributed by atoms with Gasteiger partial charge in [-0.25, -0.2) is 4.79 Å². The Labute approximate surface area is 138 Å². The lowest BCUT2D eigenvalue weighted by molar-refractivity contribution is 0.0738. The molecule has 3 rings (SSSR count). The Morgan fingerprint density at radius 3 is 2.75 bits per heavy atom. The standard InChI is InChI=1S/C14H11BrO2S3/c15-9-3-4-11(10(8-9)14-19-6-7-20-14)17-13(16)12-2-1-5-18-12/h1-5,8,14H,6-7H2. The Bertz CT molecular complexity index is 607. The number of carbonyl (C=O) groups excluding carboxylic acids is 1. The van der Waals surface area contributed by atoms with Crippen LogP contribution in [0.25, 0.3) is 0 Å². The van der Waals surface area contributed by atoms with Crippen LogP contribution in [0, 0.1) is 0 Å². The van der Waals surface area contributed by atoms with Gasteiger partial charge in [0.15, 0.2) is 0 Å². The monoisotopic (exact) mass is 386 g/mol. The molecule has 6 heteroatoms. The first kappa shape index (κ1) is 14.5. The van der Waals surface area contributed by atoms with Crippen molar-refractivity contribution in [3.05, 3.63) is 50.6 Å². The molecular formula is C14H11BrO2S3. The lowest BCUT2D eigenvalue weighted by atomic mass is 10.2. The van der Waals surface area contributed by atoms with E-state index in [1.54, 1.807) is 6.07 Å². The van der Waals surface area contributed by atoms with E-state index in [0.717, 1.165) is 21.5 Å². The van der Waals surface area contributed by atoms with Gasteiger partial charge >= 0.3 is 5.97 Å². The second kappa shape index (κ2) is 6.56. The first-order valence-corrected chi connectivity index (χ1v) is 9.79. The summed E-state index contributed by atoms with van der Waals surface area (Å²) < 4.78 is 6.94. The molecule has 1 aliphatic heterocycles. The van der Waals surface area contributed by atoms with E-state index >= 15 is 0 Å². The van der Waals surface area contributed by atoms with Crippen LogP contribution in [0.3, 0.4) is 0 Å². The highest BCUT2D eigenvalue weighted by Crippen LogP contribution is 2.48. The smallest absolute Gasteiger partial charge is 0.353 e. The van der Waals surface area contributed by atoms with Crippen molar-refractivity contribution >= 4 is 56.8 Å². The number of halogens is 1. The van der Waals surface area contributed by atoms with Crippen molar-refractivity contribution in [3.63, 3.8) is 0 Å². The molecule has 2 aromatic rings. The summed E-state index contributed by atoms with van der Waals surface area (Å²) in [6.07, 6.45) is 0. The Balaban J connectivity index is 1.87. The lowest BCUT2D eigenvalue weighted by Gasteiger charge is -2.14. The molecule has 0 saturated carbocycles. The number of hydrogen-bond acceptors (Lipinski definition) is 5. The minimum Gasteiger partial charge on any atom is -0.422 e. The van der Waals surface area contributed by atoms with Gasteiger partial charge in [-0.1, -0.05) is 22.0 Å². The minimum absolute atomic E-state index is 0.281. The zero-order valence-corrected chi connectivity index (χ0v) is 14.4. The number of hydrogen-bond donors (Lipinski definition) is 0. The number of esters is 1. The highest BCUT2D eigenvalue weighted by Gasteiger charge is 2.23. The van der Waals surface area contributed by atoms with Crippen molar-refractivity contribution in [2.75, 3.05) is 11.5 Å². The fourth-order valence-electron chi connectivity index (χ4n) is 1.88. The van der Waals surface area contributed by atoms with Crippen LogP contribution in [0.4, 0.5) is 0 Å². The van der Waals surface area contributed by atoms with E-state index in [9.17, 15) is 4.79 Å². The summed E-state index contributed by atoms with van der Waals surface area (Å²) in [4.78, 5) is 12.7. The van der Waals surface area contributed by atoms with Crippen LogP contribution in [-0.2, 0) is 0 Å². The minimum atomic E-state index is -0.281. The van der Waals surface area contributed by atoms with Crippen LogP contribution in [0.15, 0.2) is 40.2 Å². The van der Waals surface area contributed by atoms with E-state index in [1.165, 1.54) is 11.3 Å². The quantitative estimate of drug-likeness (QED) is 0.534. The van der Waals surface area contributed by atoms with Crippen molar-refractivity contribution in [2.45, 2.75) is 4.58 Å². The number of carbonyl (C=O) groups is 1. The molecule has 0 N–H and O–H groups in total. The van der Waals surface area contributed by atoms with Crippen molar-refractivity contribution in [3.8, 4) is 5.75 Å². The largest absolute Gasteiger partial charge is 0.422 e. The molecule has 104 valence electrons. The van der Waals surface area contributed by atoms with Crippen LogP contribution in [-0.4, -0.2) is 17.5 Å². The van der Waals surface area contributed by atoms with Gasteiger partial charge < -0.3 is 4.74 Å². The number of ether oxygens (including phenoxy) is 1. The summed E-state index contributed by atoms with van der Waals surface area (Å²) in [5, 5.41) is 1.88. The maximum atomic E-state index is 12.1. The third kappa shape index (κ3) is 3.24. The highest BCUT2D eigenvalue weighted by molar-refractivity contribution is 9.10. The summed E-state index contributed by atoms with van der Waals surface area (Å²) in [7, 11) is 0. The second-order valence-corrected chi connectivity index (χ2v) is 8.71. The van der Waals surface area contributed by atoms with E-state index in [4.69, 9.17) is 4.74 Å². The Kier molecular flexibility index (Phi) is 4.75. The molecule has 0 bridgehead atoms. The topological polar surface area (TPSA) is 26.3 Å². The molecule has 1 aromatic carbocycles. The molecular weight excluding hydrogens is 376 g/mol. The van der Waals surface area contributed by atoms with Crippen LogP contribution < -0.4 is 4.74 Å². The number of benzene rings is 1. The average Bonchev–Trinajstić information content (AvgIpc) is 3.13. The highest BCUT2D eigenvalue weighted by atomic mass is 79.9. The SMILES string of the molecule is O=C(Oc1ccc(Br)cc1C1SCCS1)c1cccs1. The molecule has 0 unspecified atom stereocenters. The van der Waals surface area contributed by atoms with Crippen LogP contribution in [0.1, 0.15) is 19.8 Å². The maximum Gasteiger partial charge on any atom is 0.353 e. The van der Waals surface area contributed by atoms with Gasteiger partial charge in [-0.2, -0.15) is 0 Å². The summed E-state index contributed by atoms with van der Waals surface area (Å²) in [5.41, 5.74) is 1.08. The lowest BCUT2D eigenvalue weighted by Crippen LogP contribution is -2.08. The number of thiophene rings is 1. The summed E-state index contributed by atoms with van der Waals surface area (Å²) in [5.74, 6) is 2.66. The van der Waals surface area contributed by atoms with Gasteiger partial charge in [0.1, 0.15) is 10.6 Å². The maximum absolute atomic E-state index is 12.1. The van der Waals surface area contributed by atoms with E-state index in [0.29, 0.717) is 15.2 Å². The van der Waals surface area contributed by atoms with Gasteiger partial charge in [0.2, 0.25) is 0 Å². The Morgan fingerprint density at radius 1 is 1.25 bits per heavy atom. The summed E-state index contributed by atoms with van der Waals surface area (Å²) >= 11 is 8.68. The van der Waals surface area contributed by atoms with E-state index in [2.05, 4.69) is 15.9 Å². The van der Waals surface area contributed by atoms with Crippen molar-refractivity contribution in [1.29, 1.82) is 0 Å². The zero-order chi connectivity index (χ0) is 13.9. The molecule has 2 nitrogen and oxygen atoms in total. The van der Waals surface area contributed by atoms with Gasteiger partial charge in [-0.3, -0.25) is 0 Å². The molecule has 0 amide bonds. The van der Waals surface area contributed by atoms with Crippen LogP contribution >= 0.6 is 50.8 Å². The van der Waals surface area contributed by atoms with Gasteiger partial charge in [0, 0.05) is 21.5 Å². The number of rotatable bonds is 3. The summed E-state index contributed by atoms with van der Waals surface area (Å²) in [6, 6.07) is 9.46. The predicted molar refractivity (Wildman–Crippen MR) is 91.1 cm³/mol. The average molecular weight is 387 g/mol. The third-order valence-electron chi connectivity index (χ3n) is 2.77. The second-order valence-electron chi connectivity index (χ2n) is 4.12. The zero-order valence-electron chi connectivity index (χ0n) is 10.4. The fourth-order valence-corrected chi connectivity index (χ4v) is 5.74. The van der Waals surface area contributed by atoms with E-state index in [1.807, 2.05) is 53.2 Å². The molecule has 0 aliphatic carbocycles. The van der Waals surface area contributed by atoms with Gasteiger partial charge in [-0.05, 0) is 29.6 Å². The molecule has 0 radical (unpaired) electrons. The fraction of sp³-hybridized carbons (Fsp3) is 0.214. The van der Waals surface area contributed by atoms with Gasteiger partial charge in [0.25, 0.3) is 0 Å². The van der Waals surface area contributed by atoms with E-state index < -0.39 is 0 Å². The molecule has 1 saturated heterocycles. The molecule has 0 atom stereocenters. The molecule has 1 aromatic heterocycles. The number of thioether (sulfide) groups is 2. The first-order chi connectivity index (χ1) is 9.74. The first-order valence-electron chi connectivity index (χ1n) is 6.02. The Morgan fingerprint density at radius 2 is 2.05 bits per heavy atom. The van der Waals surface area contributed by atoms with Crippen LogP contribution in [0.5, 0.6) is 5.75 Å². The van der Waals surface area contributed by atoms with Crippen molar-refractivity contribution in [2.24, 2.45) is 0 Å². The van der Waals surface area contributed by atoms with Crippen molar-refractivity contribution < 1.29 is 9.53 Å². The van der Waals surface area contributed by atoms with E-state index in [-0.39, 0.29) is 5.97 Å². The third-order valence-corrected chi connectivity index (χ3v) is 7.18. The van der Waals surface area contributed by atoms with Crippen molar-refractivity contribution in [1.82, 2.24) is 0 Å². The summed E-state index contributed by atoms with van der Waals surface area (Å²) in [6.45, 7) is 0. The molecule has 2 heterocycles. The van der Waals surface area contributed by atoms with Gasteiger partial charge in [0.05, 0.1) is 4.58 Å².